The molecule has 0 atom stereocenters. The number of nitrogens with zero attached hydrogens (tertiary/aromatic N) is 7. The number of hydrogen-bond donors (Lipinski definition) is 2. The van der Waals surface area contributed by atoms with Crippen LogP contribution >= 0.6 is 0 Å². The molecule has 0 fully saturated rings. The lowest BCUT2D eigenvalue weighted by molar-refractivity contribution is 0.305. The van der Waals surface area contributed by atoms with Gasteiger partial charge in [-0.1, -0.05) is 6.07 Å². The van der Waals surface area contributed by atoms with Gasteiger partial charge in [0.25, 0.3) is 0 Å². The van der Waals surface area contributed by atoms with Gasteiger partial charge in [0.15, 0.2) is 11.5 Å². The largest absolute Gasteiger partial charge is 0.494 e. The Balaban J connectivity index is 1.42. The summed E-state index contributed by atoms with van der Waals surface area (Å²) in [4.78, 5) is 11.4. The molecule has 0 amide bonds. The van der Waals surface area contributed by atoms with Gasteiger partial charge in [-0.2, -0.15) is 9.78 Å². The van der Waals surface area contributed by atoms with Gasteiger partial charge in [-0.15, -0.1) is 5.10 Å². The highest BCUT2D eigenvalue weighted by Gasteiger charge is 2.21. The van der Waals surface area contributed by atoms with Crippen LogP contribution in [-0.2, 0) is 6.42 Å². The number of fused-ring (bicyclic) bond motifs is 4. The maximum atomic E-state index is 9.11. The van der Waals surface area contributed by atoms with Gasteiger partial charge in [-0.05, 0) is 18.6 Å². The van der Waals surface area contributed by atoms with Crippen LogP contribution in [0.3, 0.4) is 0 Å². The summed E-state index contributed by atoms with van der Waals surface area (Å²) in [6, 6.07) is 7.85. The van der Waals surface area contributed by atoms with E-state index >= 15 is 0 Å². The zero-order valence-corrected chi connectivity index (χ0v) is 16.5. The number of nitriles is 1. The van der Waals surface area contributed by atoms with E-state index in [2.05, 4.69) is 32.7 Å². The zero-order chi connectivity index (χ0) is 20.7. The summed E-state index contributed by atoms with van der Waals surface area (Å²) in [5.74, 6) is 1.64. The Morgan fingerprint density at radius 1 is 1.30 bits per heavy atom. The Bertz CT molecular complexity index is 1240. The fraction of sp³-hybridized carbons (Fsp3) is 0.300. The second-order valence-electron chi connectivity index (χ2n) is 7.22. The topological polar surface area (TPSA) is 121 Å². The number of methoxy groups -OCH3 is 1. The molecule has 5 rings (SSSR count). The van der Waals surface area contributed by atoms with E-state index in [4.69, 9.17) is 20.7 Å². The number of nitrogens with one attached hydrogen (secondary N) is 1. The predicted octanol–water partition coefficient (Wildman–Crippen LogP) is 1.19. The van der Waals surface area contributed by atoms with Crippen LogP contribution in [0.15, 0.2) is 41.9 Å². The average Bonchev–Trinajstić information content (AvgIpc) is 3.31. The summed E-state index contributed by atoms with van der Waals surface area (Å²) in [7, 11) is 1.61. The first-order valence-electron chi connectivity index (χ1n) is 9.76. The maximum absolute atomic E-state index is 9.11. The first-order chi connectivity index (χ1) is 14.7. The number of allylic oxidation sites excluding steroid dienone is 2. The Hall–Kier alpha value is -4.00. The van der Waals surface area contributed by atoms with E-state index in [1.54, 1.807) is 11.6 Å². The minimum Gasteiger partial charge on any atom is -0.494 e. The highest BCUT2D eigenvalue weighted by molar-refractivity contribution is 5.95. The lowest BCUT2D eigenvalue weighted by atomic mass is 10.2. The molecule has 10 nitrogen and oxygen atoms in total. The fourth-order valence-electron chi connectivity index (χ4n) is 3.86. The number of benzene rings is 1. The Morgan fingerprint density at radius 3 is 3.03 bits per heavy atom. The third-order valence-corrected chi connectivity index (χ3v) is 5.30. The number of anilines is 1. The Morgan fingerprint density at radius 2 is 2.20 bits per heavy atom. The van der Waals surface area contributed by atoms with Gasteiger partial charge in [-0.25, -0.2) is 9.97 Å². The van der Waals surface area contributed by atoms with E-state index in [0.29, 0.717) is 34.9 Å². The van der Waals surface area contributed by atoms with Crippen molar-refractivity contribution in [2.75, 3.05) is 32.5 Å². The van der Waals surface area contributed by atoms with Gasteiger partial charge in [-0.3, -0.25) is 10.4 Å². The highest BCUT2D eigenvalue weighted by Crippen LogP contribution is 2.27. The van der Waals surface area contributed by atoms with Gasteiger partial charge in [0.05, 0.1) is 12.8 Å². The van der Waals surface area contributed by atoms with Crippen molar-refractivity contribution in [1.82, 2.24) is 34.9 Å². The zero-order valence-electron chi connectivity index (χ0n) is 16.5. The number of nitrogen functional groups attached to an aromatic ring is 1. The molecule has 0 radical (unpaired) electrons. The summed E-state index contributed by atoms with van der Waals surface area (Å²) in [6.07, 6.45) is 5.60. The third kappa shape index (κ3) is 3.00. The van der Waals surface area contributed by atoms with Crippen molar-refractivity contribution in [1.29, 1.82) is 5.26 Å². The van der Waals surface area contributed by atoms with Gasteiger partial charge in [0, 0.05) is 43.7 Å². The molecule has 0 aliphatic carbocycles. The van der Waals surface area contributed by atoms with E-state index in [9.17, 15) is 0 Å². The number of nitrogens with two attached hydrogens (primary N) is 1. The molecule has 3 aromatic rings. The summed E-state index contributed by atoms with van der Waals surface area (Å²) in [5.41, 5.74) is 12.2. The van der Waals surface area contributed by atoms with Crippen LogP contribution in [-0.4, -0.2) is 56.2 Å². The smallest absolute Gasteiger partial charge is 0.223 e. The third-order valence-electron chi connectivity index (χ3n) is 5.30. The van der Waals surface area contributed by atoms with Crippen molar-refractivity contribution >= 4 is 22.5 Å². The number of para-hydroxylation sites is 1. The molecule has 152 valence electrons. The van der Waals surface area contributed by atoms with Crippen LogP contribution in [0.25, 0.3) is 16.6 Å². The van der Waals surface area contributed by atoms with Crippen LogP contribution < -0.4 is 15.9 Å². The first-order valence-corrected chi connectivity index (χ1v) is 9.76. The number of ether oxygens (including phenoxy) is 1. The summed E-state index contributed by atoms with van der Waals surface area (Å²) in [5, 5.41) is 16.5. The lowest BCUT2D eigenvalue weighted by Gasteiger charge is -2.18. The van der Waals surface area contributed by atoms with Crippen molar-refractivity contribution in [3.8, 4) is 11.8 Å². The molecule has 0 unspecified atom stereocenters. The summed E-state index contributed by atoms with van der Waals surface area (Å²) >= 11 is 0. The van der Waals surface area contributed by atoms with Crippen molar-refractivity contribution < 1.29 is 4.74 Å². The van der Waals surface area contributed by atoms with Crippen molar-refractivity contribution in [3.63, 3.8) is 0 Å². The van der Waals surface area contributed by atoms with Gasteiger partial charge < -0.3 is 15.4 Å². The molecular formula is C20H21N9O. The quantitative estimate of drug-likeness (QED) is 0.661. The van der Waals surface area contributed by atoms with E-state index in [-0.39, 0.29) is 5.95 Å². The van der Waals surface area contributed by atoms with E-state index < -0.39 is 0 Å². The molecule has 2 aliphatic heterocycles. The molecule has 2 aromatic heterocycles. The monoisotopic (exact) mass is 403 g/mol. The minimum atomic E-state index is 0.277. The van der Waals surface area contributed by atoms with Gasteiger partial charge >= 0.3 is 0 Å². The molecular weight excluding hydrogens is 382 g/mol. The van der Waals surface area contributed by atoms with Gasteiger partial charge in [0.1, 0.15) is 23.0 Å². The van der Waals surface area contributed by atoms with E-state index in [0.717, 1.165) is 37.1 Å². The maximum Gasteiger partial charge on any atom is 0.223 e. The lowest BCUT2D eigenvalue weighted by Crippen LogP contribution is -2.31. The molecule has 3 N–H and O–H groups in total. The van der Waals surface area contributed by atoms with Gasteiger partial charge in [0.2, 0.25) is 5.95 Å². The van der Waals surface area contributed by atoms with Crippen molar-refractivity contribution in [2.45, 2.75) is 12.8 Å². The molecule has 2 aliphatic rings. The minimum absolute atomic E-state index is 0.277. The van der Waals surface area contributed by atoms with Crippen LogP contribution in [0.2, 0.25) is 0 Å². The average molecular weight is 403 g/mol. The first kappa shape index (κ1) is 18.1. The van der Waals surface area contributed by atoms with Crippen LogP contribution in [0.5, 0.6) is 5.75 Å². The standard InChI is InChI=1S/C20H21N9O/c1-30-16-5-2-4-15-18(16)24-20(22)29-19(15)23-17(26-29)6-9-27-7-3-8-28-14(12-27)10-13(11-21)25-28/h2,4-5,10,12,25H,3,6-9H2,1H3,(H2,22,24). The fourth-order valence-corrected chi connectivity index (χ4v) is 3.86. The molecule has 10 heteroatoms. The van der Waals surface area contributed by atoms with Crippen molar-refractivity contribution in [2.24, 2.45) is 0 Å². The SMILES string of the molecule is COc1cccc2c1nc(N)n1nc(CCN3C=C4C=C(C#N)NN4CCC3)nc21. The van der Waals surface area contributed by atoms with Crippen LogP contribution in [0.4, 0.5) is 5.95 Å². The molecule has 1 aromatic carbocycles. The Kier molecular flexibility index (Phi) is 4.28. The normalized spacial score (nSPS) is 16.0. The molecule has 0 bridgehead atoms. The molecule has 0 saturated heterocycles. The summed E-state index contributed by atoms with van der Waals surface area (Å²) in [6.45, 7) is 2.54. The summed E-state index contributed by atoms with van der Waals surface area (Å²) < 4.78 is 6.99. The van der Waals surface area contributed by atoms with E-state index in [1.807, 2.05) is 29.3 Å². The molecule has 4 heterocycles. The number of hydrazine groups is 1. The van der Waals surface area contributed by atoms with Crippen LogP contribution in [0, 0.1) is 11.3 Å². The molecule has 30 heavy (non-hydrogen) atoms. The number of hydrogen-bond acceptors (Lipinski definition) is 9. The number of rotatable bonds is 4. The second-order valence-corrected chi connectivity index (χ2v) is 7.22. The molecule has 0 saturated carbocycles. The van der Waals surface area contributed by atoms with Crippen LogP contribution in [0.1, 0.15) is 12.2 Å². The number of aromatic nitrogens is 4. The highest BCUT2D eigenvalue weighted by atomic mass is 16.5. The Labute approximate surface area is 172 Å². The second kappa shape index (κ2) is 7.11. The predicted molar refractivity (Wildman–Crippen MR) is 111 cm³/mol. The van der Waals surface area contributed by atoms with Crippen molar-refractivity contribution in [3.05, 3.63) is 47.7 Å². The van der Waals surface area contributed by atoms with E-state index in [1.165, 1.54) is 0 Å². The molecule has 0 spiro atoms.